The number of esters is 4. The fourth-order valence-corrected chi connectivity index (χ4v) is 12.2. The van der Waals surface area contributed by atoms with Gasteiger partial charge in [-0.25, -0.2) is 9.13 Å². The Bertz CT molecular complexity index is 2660. The highest BCUT2D eigenvalue weighted by molar-refractivity contribution is 7.47. The Morgan fingerprint density at radius 2 is 0.500 bits per heavy atom. The van der Waals surface area contributed by atoms with Crippen molar-refractivity contribution in [2.75, 3.05) is 39.6 Å². The van der Waals surface area contributed by atoms with Crippen LogP contribution in [0.15, 0.2) is 158 Å². The van der Waals surface area contributed by atoms with Crippen LogP contribution < -0.4 is 0 Å². The first-order valence-electron chi connectivity index (χ1n) is 41.7. The van der Waals surface area contributed by atoms with E-state index in [1.54, 1.807) is 0 Å². The summed E-state index contributed by atoms with van der Waals surface area (Å²) in [5.74, 6) is -2.25. The van der Waals surface area contributed by atoms with Gasteiger partial charge in [-0.2, -0.15) is 0 Å². The average Bonchev–Trinajstić information content (AvgIpc) is 0.886. The average molecular weight is 1550 g/mol. The molecule has 0 bridgehead atoms. The lowest BCUT2D eigenvalue weighted by Gasteiger charge is -2.21. The number of rotatable bonds is 77. The van der Waals surface area contributed by atoms with E-state index in [4.69, 9.17) is 37.0 Å². The summed E-state index contributed by atoms with van der Waals surface area (Å²) in [7, 11) is -9.99. The quantitative estimate of drug-likeness (QED) is 0.0169. The molecule has 0 aliphatic rings. The molecule has 0 radical (unpaired) electrons. The standard InChI is InChI=1S/C89H148O17P2/c1-5-9-13-17-21-25-29-33-36-39-41-44-46-50-53-57-61-65-69-73-86(91)99-79-84(105-88(93)75-71-67-63-59-55-49-32-28-24-20-16-12-8-4)81-103-107(95,96)101-77-83(90)78-102-108(97,98)104-82-85(106-89(94)76-72-68-64-60-56-52-48-43-38-35-31-27-23-19-15-11-7-3)80-100-87(92)74-70-66-62-58-54-51-47-45-42-40-37-34-30-26-22-18-14-10-6-2/h10-11,14-16,20-23,25-28,32-38,41-42,44-45,48,52,83-85,90H,5-9,12-13,17-19,24,29-31,39-40,43,46-47,49-51,53-82H2,1-4H3,(H,95,96)(H,97,98)/b14-10-,15-11-,20-16-,25-21-,26-22-,27-23-,32-28-,36-33-,37-34-,38-35-,44-41-,45-42-,52-48-. The molecule has 0 aromatic heterocycles. The summed E-state index contributed by atoms with van der Waals surface area (Å²) < 4.78 is 68.7. The first-order chi connectivity index (χ1) is 52.7. The van der Waals surface area contributed by atoms with Crippen molar-refractivity contribution in [1.82, 2.24) is 0 Å². The molecule has 0 aliphatic carbocycles. The van der Waals surface area contributed by atoms with Gasteiger partial charge in [-0.3, -0.25) is 37.3 Å². The maximum atomic E-state index is 13.1. The van der Waals surface area contributed by atoms with Crippen molar-refractivity contribution in [1.29, 1.82) is 0 Å². The Labute approximate surface area is 655 Å². The molecule has 5 unspecified atom stereocenters. The maximum Gasteiger partial charge on any atom is 0.472 e. The lowest BCUT2D eigenvalue weighted by atomic mass is 10.1. The Kier molecular flexibility index (Phi) is 75.8. The highest BCUT2D eigenvalue weighted by Crippen LogP contribution is 2.45. The number of hydrogen-bond donors (Lipinski definition) is 3. The number of hydrogen-bond acceptors (Lipinski definition) is 15. The number of phosphoric ester groups is 2. The molecule has 616 valence electrons. The lowest BCUT2D eigenvalue weighted by Crippen LogP contribution is -2.30. The van der Waals surface area contributed by atoms with Crippen LogP contribution in [0.4, 0.5) is 0 Å². The number of carbonyl (C=O) groups is 4. The topological polar surface area (TPSA) is 237 Å². The molecule has 0 amide bonds. The molecule has 108 heavy (non-hydrogen) atoms. The summed E-state index contributed by atoms with van der Waals surface area (Å²) in [5.41, 5.74) is 0. The Balaban J connectivity index is 5.41. The van der Waals surface area contributed by atoms with E-state index in [1.807, 2.05) is 0 Å². The van der Waals surface area contributed by atoms with Gasteiger partial charge in [0, 0.05) is 25.7 Å². The van der Waals surface area contributed by atoms with Gasteiger partial charge < -0.3 is 33.8 Å². The molecular formula is C89H148O17P2. The molecular weight excluding hydrogens is 1400 g/mol. The highest BCUT2D eigenvalue weighted by atomic mass is 31.2. The van der Waals surface area contributed by atoms with Crippen LogP contribution in [0.5, 0.6) is 0 Å². The minimum absolute atomic E-state index is 0.0581. The molecule has 0 spiro atoms. The summed E-state index contributed by atoms with van der Waals surface area (Å²) >= 11 is 0. The van der Waals surface area contributed by atoms with Crippen LogP contribution in [-0.4, -0.2) is 96.7 Å². The van der Waals surface area contributed by atoms with Crippen molar-refractivity contribution in [3.05, 3.63) is 158 Å². The van der Waals surface area contributed by atoms with E-state index in [-0.39, 0.29) is 25.7 Å². The molecule has 3 N–H and O–H groups in total. The summed E-state index contributed by atoms with van der Waals surface area (Å²) in [6.07, 6.45) is 93.5. The normalized spacial score (nSPS) is 14.6. The second-order valence-corrected chi connectivity index (χ2v) is 30.2. The van der Waals surface area contributed by atoms with Gasteiger partial charge >= 0.3 is 39.5 Å². The van der Waals surface area contributed by atoms with Gasteiger partial charge in [-0.15, -0.1) is 0 Å². The first kappa shape index (κ1) is 103. The van der Waals surface area contributed by atoms with E-state index < -0.39 is 97.5 Å². The Morgan fingerprint density at radius 3 is 0.778 bits per heavy atom. The number of phosphoric acid groups is 2. The van der Waals surface area contributed by atoms with Crippen LogP contribution in [-0.2, 0) is 65.4 Å². The Morgan fingerprint density at radius 1 is 0.269 bits per heavy atom. The molecule has 17 nitrogen and oxygen atoms in total. The van der Waals surface area contributed by atoms with Crippen molar-refractivity contribution in [3.63, 3.8) is 0 Å². The van der Waals surface area contributed by atoms with E-state index in [1.165, 1.54) is 19.3 Å². The van der Waals surface area contributed by atoms with E-state index >= 15 is 0 Å². The number of aliphatic hydroxyl groups excluding tert-OH is 1. The van der Waals surface area contributed by atoms with Crippen molar-refractivity contribution >= 4 is 39.5 Å². The van der Waals surface area contributed by atoms with Crippen LogP contribution in [0.25, 0.3) is 0 Å². The SMILES string of the molecule is CC/C=C\C/C=C\C/C=C\C/C=C\CCCCCCCCC(=O)OCC(COP(=O)(O)OCC(O)COP(=O)(O)OCC(COC(=O)CCCCCCCC/C=C\C/C=C\C/C=C\CCCCC)OC(=O)CCCCCCC/C=C\C/C=C\CCC)OC(=O)CCCCCC/C=C\C/C=C\C/C=C\C/C=C\CC. The maximum absolute atomic E-state index is 13.1. The molecule has 0 aromatic carbocycles. The van der Waals surface area contributed by atoms with E-state index in [0.717, 1.165) is 225 Å². The molecule has 0 saturated carbocycles. The lowest BCUT2D eigenvalue weighted by molar-refractivity contribution is -0.161. The third-order valence-electron chi connectivity index (χ3n) is 16.9. The van der Waals surface area contributed by atoms with Gasteiger partial charge in [0.05, 0.1) is 26.4 Å². The van der Waals surface area contributed by atoms with E-state index in [2.05, 4.69) is 186 Å². The number of allylic oxidation sites excluding steroid dienone is 26. The second kappa shape index (κ2) is 79.8. The van der Waals surface area contributed by atoms with Crippen LogP contribution in [0.2, 0.25) is 0 Å². The van der Waals surface area contributed by atoms with Gasteiger partial charge in [0.2, 0.25) is 0 Å². The van der Waals surface area contributed by atoms with E-state index in [0.29, 0.717) is 25.7 Å². The summed E-state index contributed by atoms with van der Waals surface area (Å²) in [6, 6.07) is 0. The van der Waals surface area contributed by atoms with E-state index in [9.17, 15) is 43.2 Å². The first-order valence-corrected chi connectivity index (χ1v) is 44.7. The van der Waals surface area contributed by atoms with Gasteiger partial charge in [-0.1, -0.05) is 288 Å². The third-order valence-corrected chi connectivity index (χ3v) is 18.8. The summed E-state index contributed by atoms with van der Waals surface area (Å²) in [5, 5.41) is 10.7. The van der Waals surface area contributed by atoms with Gasteiger partial charge in [-0.05, 0) is 167 Å². The predicted molar refractivity (Wildman–Crippen MR) is 445 cm³/mol. The number of ether oxygens (including phenoxy) is 4. The molecule has 0 fully saturated rings. The largest absolute Gasteiger partial charge is 0.472 e. The molecule has 0 rings (SSSR count). The minimum atomic E-state index is -5.00. The van der Waals surface area contributed by atoms with Gasteiger partial charge in [0.1, 0.15) is 19.3 Å². The zero-order valence-electron chi connectivity index (χ0n) is 67.5. The minimum Gasteiger partial charge on any atom is -0.462 e. The number of unbranched alkanes of at least 4 members (excludes halogenated alkanes) is 25. The third kappa shape index (κ3) is 78.8. The van der Waals surface area contributed by atoms with Crippen molar-refractivity contribution in [3.8, 4) is 0 Å². The van der Waals surface area contributed by atoms with Crippen LogP contribution in [0.3, 0.4) is 0 Å². The van der Waals surface area contributed by atoms with Crippen molar-refractivity contribution in [2.24, 2.45) is 0 Å². The molecule has 5 atom stereocenters. The number of carbonyl (C=O) groups excluding carboxylic acids is 4. The zero-order chi connectivity index (χ0) is 78.9. The van der Waals surface area contributed by atoms with Crippen LogP contribution in [0, 0.1) is 0 Å². The van der Waals surface area contributed by atoms with Crippen LogP contribution in [0.1, 0.15) is 323 Å². The van der Waals surface area contributed by atoms with Gasteiger partial charge in [0.25, 0.3) is 0 Å². The second-order valence-electron chi connectivity index (χ2n) is 27.3. The summed E-state index contributed by atoms with van der Waals surface area (Å²) in [4.78, 5) is 73.2. The zero-order valence-corrected chi connectivity index (χ0v) is 69.3. The molecule has 0 aliphatic heterocycles. The smallest absolute Gasteiger partial charge is 0.462 e. The van der Waals surface area contributed by atoms with Gasteiger partial charge in [0.15, 0.2) is 12.2 Å². The van der Waals surface area contributed by atoms with Crippen molar-refractivity contribution in [2.45, 2.75) is 341 Å². The fraction of sp³-hybridized carbons (Fsp3) is 0.663. The fourth-order valence-electron chi connectivity index (χ4n) is 10.7. The predicted octanol–water partition coefficient (Wildman–Crippen LogP) is 24.8. The number of aliphatic hydroxyl groups is 1. The molecule has 0 saturated heterocycles. The Hall–Kier alpha value is -5.32. The monoisotopic (exact) mass is 1550 g/mol. The highest BCUT2D eigenvalue weighted by Gasteiger charge is 2.30. The van der Waals surface area contributed by atoms with Crippen LogP contribution >= 0.6 is 15.6 Å². The summed E-state index contributed by atoms with van der Waals surface area (Å²) in [6.45, 7) is 4.50. The molecule has 19 heteroatoms. The van der Waals surface area contributed by atoms with Crippen molar-refractivity contribution < 1.29 is 80.2 Å². The molecule has 0 aromatic rings. The molecule has 0 heterocycles.